The molecule has 0 amide bonds. The number of aliphatic hydroxyl groups is 2. The smallest absolute Gasteiger partial charge is 0.0948 e. The summed E-state index contributed by atoms with van der Waals surface area (Å²) in [7, 11) is 0. The van der Waals surface area contributed by atoms with Crippen molar-refractivity contribution in [3.8, 4) is 0 Å². The van der Waals surface area contributed by atoms with Gasteiger partial charge in [-0.25, -0.2) is 0 Å². The molecule has 1 rings (SSSR count). The molecule has 0 radical (unpaired) electrons. The summed E-state index contributed by atoms with van der Waals surface area (Å²) >= 11 is 0. The number of nitrogens with one attached hydrogen (secondary N) is 1. The molecule has 2 atom stereocenters. The topological polar surface area (TPSA) is 61.7 Å². The number of ether oxygens (including phenoxy) is 1. The molecule has 1 aliphatic rings. The Kier molecular flexibility index (Phi) is 3.79. The van der Waals surface area contributed by atoms with E-state index in [-0.39, 0.29) is 18.8 Å². The molecular formula is C7H15NO3. The predicted molar refractivity (Wildman–Crippen MR) is 40.3 cm³/mol. The molecule has 0 bridgehead atoms. The van der Waals surface area contributed by atoms with E-state index >= 15 is 0 Å². The van der Waals surface area contributed by atoms with Gasteiger partial charge in [-0.15, -0.1) is 0 Å². The molecule has 0 unspecified atom stereocenters. The van der Waals surface area contributed by atoms with Crippen LogP contribution in [0.15, 0.2) is 0 Å². The monoisotopic (exact) mass is 161 g/mol. The Bertz CT molecular complexity index is 110. The van der Waals surface area contributed by atoms with Crippen molar-refractivity contribution >= 4 is 0 Å². The lowest BCUT2D eigenvalue weighted by Crippen LogP contribution is -2.39. The van der Waals surface area contributed by atoms with E-state index in [2.05, 4.69) is 5.32 Å². The molecule has 0 aromatic rings. The molecule has 0 aliphatic carbocycles. The van der Waals surface area contributed by atoms with Gasteiger partial charge in [-0.1, -0.05) is 0 Å². The number of aliphatic hydroxyl groups excluding tert-OH is 2. The summed E-state index contributed by atoms with van der Waals surface area (Å²) in [6, 6.07) is 0.0570. The third-order valence-electron chi connectivity index (χ3n) is 1.79. The Morgan fingerprint density at radius 3 is 2.82 bits per heavy atom. The lowest BCUT2D eigenvalue weighted by molar-refractivity contribution is 0.122. The highest BCUT2D eigenvalue weighted by molar-refractivity contribution is 4.80. The van der Waals surface area contributed by atoms with E-state index in [1.807, 2.05) is 0 Å². The lowest BCUT2D eigenvalue weighted by atomic mass is 10.2. The van der Waals surface area contributed by atoms with E-state index in [0.717, 1.165) is 13.0 Å². The lowest BCUT2D eigenvalue weighted by Gasteiger charge is -2.13. The average molecular weight is 161 g/mol. The number of hydrogen-bond donors (Lipinski definition) is 3. The van der Waals surface area contributed by atoms with Crippen LogP contribution in [0.1, 0.15) is 6.42 Å². The minimum absolute atomic E-state index is 0.0570. The summed E-state index contributed by atoms with van der Waals surface area (Å²) in [5, 5.41) is 20.8. The maximum Gasteiger partial charge on any atom is 0.0948 e. The summed E-state index contributed by atoms with van der Waals surface area (Å²) in [4.78, 5) is 0. The second-order valence-electron chi connectivity index (χ2n) is 2.74. The van der Waals surface area contributed by atoms with Gasteiger partial charge in [-0.05, 0) is 13.0 Å². The van der Waals surface area contributed by atoms with Gasteiger partial charge < -0.3 is 20.3 Å². The van der Waals surface area contributed by atoms with Gasteiger partial charge in [0.15, 0.2) is 0 Å². The van der Waals surface area contributed by atoms with Crippen LogP contribution >= 0.6 is 0 Å². The Balaban J connectivity index is 2.05. The van der Waals surface area contributed by atoms with E-state index in [4.69, 9.17) is 9.84 Å². The van der Waals surface area contributed by atoms with Gasteiger partial charge in [0.2, 0.25) is 0 Å². The molecule has 66 valence electrons. The fraction of sp³-hybridized carbons (Fsp3) is 1.00. The maximum absolute atomic E-state index is 9.24. The van der Waals surface area contributed by atoms with E-state index in [0.29, 0.717) is 13.2 Å². The molecule has 3 N–H and O–H groups in total. The molecule has 4 heteroatoms. The predicted octanol–water partition coefficient (Wildman–Crippen LogP) is -1.28. The van der Waals surface area contributed by atoms with Gasteiger partial charge in [0, 0.05) is 6.61 Å². The minimum Gasteiger partial charge on any atom is -0.396 e. The van der Waals surface area contributed by atoms with Crippen LogP contribution in [0.25, 0.3) is 0 Å². The third kappa shape index (κ3) is 2.75. The molecule has 0 aromatic carbocycles. The highest BCUT2D eigenvalue weighted by Gasteiger charge is 2.24. The van der Waals surface area contributed by atoms with Gasteiger partial charge in [-0.3, -0.25) is 0 Å². The van der Waals surface area contributed by atoms with Crippen LogP contribution in [0.2, 0.25) is 0 Å². The van der Waals surface area contributed by atoms with Crippen LogP contribution in [-0.2, 0) is 4.74 Å². The van der Waals surface area contributed by atoms with Crippen molar-refractivity contribution in [1.29, 1.82) is 0 Å². The van der Waals surface area contributed by atoms with Crippen LogP contribution in [0.5, 0.6) is 0 Å². The SMILES string of the molecule is OCCCN[C@@H]1COC[C@H]1O. The zero-order valence-corrected chi connectivity index (χ0v) is 6.49. The van der Waals surface area contributed by atoms with E-state index < -0.39 is 0 Å². The fourth-order valence-electron chi connectivity index (χ4n) is 1.10. The van der Waals surface area contributed by atoms with Crippen LogP contribution < -0.4 is 5.32 Å². The van der Waals surface area contributed by atoms with Crippen molar-refractivity contribution in [2.45, 2.75) is 18.6 Å². The summed E-state index contributed by atoms with van der Waals surface area (Å²) in [5.74, 6) is 0. The van der Waals surface area contributed by atoms with E-state index in [1.54, 1.807) is 0 Å². The fourth-order valence-corrected chi connectivity index (χ4v) is 1.10. The molecule has 1 fully saturated rings. The molecule has 0 aromatic heterocycles. The van der Waals surface area contributed by atoms with Gasteiger partial charge in [-0.2, -0.15) is 0 Å². The molecule has 0 spiro atoms. The molecule has 1 heterocycles. The van der Waals surface area contributed by atoms with Crippen LogP contribution in [0, 0.1) is 0 Å². The summed E-state index contributed by atoms with van der Waals surface area (Å²) < 4.78 is 5.03. The minimum atomic E-state index is -0.381. The highest BCUT2D eigenvalue weighted by atomic mass is 16.5. The van der Waals surface area contributed by atoms with Crippen molar-refractivity contribution < 1.29 is 14.9 Å². The Morgan fingerprint density at radius 2 is 2.27 bits per heavy atom. The zero-order valence-electron chi connectivity index (χ0n) is 6.49. The van der Waals surface area contributed by atoms with E-state index in [9.17, 15) is 5.11 Å². The third-order valence-corrected chi connectivity index (χ3v) is 1.79. The first-order chi connectivity index (χ1) is 5.34. The second-order valence-corrected chi connectivity index (χ2v) is 2.74. The van der Waals surface area contributed by atoms with E-state index in [1.165, 1.54) is 0 Å². The number of hydrogen-bond acceptors (Lipinski definition) is 4. The molecular weight excluding hydrogens is 146 g/mol. The quantitative estimate of drug-likeness (QED) is 0.449. The molecule has 4 nitrogen and oxygen atoms in total. The van der Waals surface area contributed by atoms with Crippen molar-refractivity contribution in [2.75, 3.05) is 26.4 Å². The van der Waals surface area contributed by atoms with Crippen molar-refractivity contribution in [3.05, 3.63) is 0 Å². The molecule has 1 aliphatic heterocycles. The first kappa shape index (κ1) is 8.93. The second kappa shape index (κ2) is 4.66. The summed E-state index contributed by atoms with van der Waals surface area (Å²) in [6.45, 7) is 1.93. The van der Waals surface area contributed by atoms with Crippen LogP contribution in [0.3, 0.4) is 0 Å². The normalized spacial score (nSPS) is 31.1. The summed E-state index contributed by atoms with van der Waals surface area (Å²) in [5.41, 5.74) is 0. The average Bonchev–Trinajstić information content (AvgIpc) is 2.37. The first-order valence-corrected chi connectivity index (χ1v) is 3.94. The summed E-state index contributed by atoms with van der Waals surface area (Å²) in [6.07, 6.45) is 0.345. The van der Waals surface area contributed by atoms with Gasteiger partial charge in [0.1, 0.15) is 0 Å². The zero-order chi connectivity index (χ0) is 8.10. The van der Waals surface area contributed by atoms with Crippen LogP contribution in [-0.4, -0.2) is 48.7 Å². The first-order valence-electron chi connectivity index (χ1n) is 3.94. The van der Waals surface area contributed by atoms with Crippen molar-refractivity contribution in [3.63, 3.8) is 0 Å². The Hall–Kier alpha value is -0.160. The van der Waals surface area contributed by atoms with Crippen molar-refractivity contribution in [2.24, 2.45) is 0 Å². The highest BCUT2D eigenvalue weighted by Crippen LogP contribution is 2.04. The molecule has 0 saturated carbocycles. The van der Waals surface area contributed by atoms with Gasteiger partial charge >= 0.3 is 0 Å². The van der Waals surface area contributed by atoms with Crippen molar-refractivity contribution in [1.82, 2.24) is 5.32 Å². The molecule has 11 heavy (non-hydrogen) atoms. The maximum atomic E-state index is 9.24. The molecule has 1 saturated heterocycles. The number of rotatable bonds is 4. The van der Waals surface area contributed by atoms with Gasteiger partial charge in [0.25, 0.3) is 0 Å². The standard InChI is InChI=1S/C7H15NO3/c9-3-1-2-8-6-4-11-5-7(6)10/h6-10H,1-5H2/t6-,7-/m1/s1. The van der Waals surface area contributed by atoms with Crippen LogP contribution in [0.4, 0.5) is 0 Å². The van der Waals surface area contributed by atoms with Gasteiger partial charge in [0.05, 0.1) is 25.4 Å². The Labute approximate surface area is 66.2 Å². The largest absolute Gasteiger partial charge is 0.396 e. The Morgan fingerprint density at radius 1 is 1.45 bits per heavy atom.